The van der Waals surface area contributed by atoms with Gasteiger partial charge in [-0.25, -0.2) is 4.39 Å². The van der Waals surface area contributed by atoms with Gasteiger partial charge in [-0.05, 0) is 41.5 Å². The van der Waals surface area contributed by atoms with Gasteiger partial charge in [0.2, 0.25) is 0 Å². The van der Waals surface area contributed by atoms with Crippen LogP contribution < -0.4 is 0 Å². The Balaban J connectivity index is 2.62. The maximum atomic E-state index is 13.2. The molecule has 0 aliphatic carbocycles. The monoisotopic (exact) mass is 362 g/mol. The molecule has 82 valence electrons. The molecule has 0 bridgehead atoms. The van der Waals surface area contributed by atoms with Crippen LogP contribution in [0.3, 0.4) is 0 Å². The Morgan fingerprint density at radius 3 is 2.31 bits per heavy atom. The quantitative estimate of drug-likeness (QED) is 0.611. The van der Waals surface area contributed by atoms with Crippen LogP contribution >= 0.6 is 43.5 Å². The summed E-state index contributed by atoms with van der Waals surface area (Å²) in [5, 5.41) is 0.642. The summed E-state index contributed by atoms with van der Waals surface area (Å²) in [6.45, 7) is 0. The molecule has 0 atom stereocenters. The van der Waals surface area contributed by atoms with Crippen LogP contribution in [0.1, 0.15) is 0 Å². The van der Waals surface area contributed by atoms with Crippen LogP contribution in [0.25, 0.3) is 11.1 Å². The smallest absolute Gasteiger partial charge is 0.123 e. The molecule has 0 amide bonds. The van der Waals surface area contributed by atoms with Crippen molar-refractivity contribution in [3.05, 3.63) is 56.2 Å². The lowest BCUT2D eigenvalue weighted by molar-refractivity contribution is 0.628. The van der Waals surface area contributed by atoms with Gasteiger partial charge in [-0.2, -0.15) is 0 Å². The first kappa shape index (κ1) is 12.1. The Morgan fingerprint density at radius 2 is 1.62 bits per heavy atom. The lowest BCUT2D eigenvalue weighted by atomic mass is 10.1. The molecule has 0 saturated heterocycles. The number of halogens is 4. The second kappa shape index (κ2) is 4.86. The summed E-state index contributed by atoms with van der Waals surface area (Å²) in [6, 6.07) is 10.0. The lowest BCUT2D eigenvalue weighted by Crippen LogP contribution is -1.84. The molecule has 0 N–H and O–H groups in total. The molecule has 0 aliphatic rings. The first-order valence-electron chi connectivity index (χ1n) is 4.48. The number of rotatable bonds is 1. The molecule has 2 aromatic rings. The lowest BCUT2D eigenvalue weighted by Gasteiger charge is -2.07. The average Bonchev–Trinajstić information content (AvgIpc) is 2.22. The van der Waals surface area contributed by atoms with E-state index in [4.69, 9.17) is 11.6 Å². The zero-order chi connectivity index (χ0) is 11.7. The molecular formula is C12H6Br2ClF. The molecule has 2 rings (SSSR count). The average molecular weight is 364 g/mol. The molecule has 0 fully saturated rings. The highest BCUT2D eigenvalue weighted by atomic mass is 79.9. The Bertz CT molecular complexity index is 541. The summed E-state index contributed by atoms with van der Waals surface area (Å²) < 4.78 is 14.9. The van der Waals surface area contributed by atoms with Gasteiger partial charge in [-0.15, -0.1) is 0 Å². The van der Waals surface area contributed by atoms with Crippen LogP contribution in [0.5, 0.6) is 0 Å². The summed E-state index contributed by atoms with van der Waals surface area (Å²) >= 11 is 12.7. The first-order chi connectivity index (χ1) is 7.58. The van der Waals surface area contributed by atoms with Crippen molar-refractivity contribution in [2.75, 3.05) is 0 Å². The fraction of sp³-hybridized carbons (Fsp3) is 0. The maximum absolute atomic E-state index is 13.2. The zero-order valence-electron chi connectivity index (χ0n) is 7.98. The summed E-state index contributed by atoms with van der Waals surface area (Å²) in [5.41, 5.74) is 1.69. The van der Waals surface area contributed by atoms with E-state index in [1.54, 1.807) is 18.2 Å². The molecule has 4 heteroatoms. The molecule has 0 spiro atoms. The summed E-state index contributed by atoms with van der Waals surface area (Å²) in [7, 11) is 0. The number of hydrogen-bond donors (Lipinski definition) is 0. The van der Waals surface area contributed by atoms with Crippen LogP contribution in [-0.4, -0.2) is 0 Å². The van der Waals surface area contributed by atoms with E-state index in [2.05, 4.69) is 31.9 Å². The van der Waals surface area contributed by atoms with Crippen LogP contribution in [-0.2, 0) is 0 Å². The van der Waals surface area contributed by atoms with E-state index >= 15 is 0 Å². The minimum atomic E-state index is -0.264. The molecule has 2 aromatic carbocycles. The maximum Gasteiger partial charge on any atom is 0.123 e. The Labute approximate surface area is 115 Å². The minimum Gasteiger partial charge on any atom is -0.207 e. The molecule has 16 heavy (non-hydrogen) atoms. The fourth-order valence-corrected chi connectivity index (χ4v) is 2.77. The SMILES string of the molecule is Fc1ccc(Br)c(-c2ccc(Cl)cc2Br)c1. The molecule has 0 aromatic heterocycles. The highest BCUT2D eigenvalue weighted by molar-refractivity contribution is 9.11. The highest BCUT2D eigenvalue weighted by Crippen LogP contribution is 2.35. The van der Waals surface area contributed by atoms with E-state index in [-0.39, 0.29) is 5.82 Å². The predicted molar refractivity (Wildman–Crippen MR) is 72.2 cm³/mol. The molecular weight excluding hydrogens is 358 g/mol. The van der Waals surface area contributed by atoms with E-state index in [1.165, 1.54) is 12.1 Å². The topological polar surface area (TPSA) is 0 Å². The van der Waals surface area contributed by atoms with E-state index in [1.807, 2.05) is 6.07 Å². The van der Waals surface area contributed by atoms with Crippen LogP contribution in [0.15, 0.2) is 45.3 Å². The standard InChI is InChI=1S/C12H6Br2ClF/c13-11-4-2-8(16)6-10(11)9-3-1-7(15)5-12(9)14/h1-6H. The van der Waals surface area contributed by atoms with Gasteiger partial charge in [-0.1, -0.05) is 49.5 Å². The third-order valence-corrected chi connectivity index (χ3v) is 3.73. The Hall–Kier alpha value is -0.380. The van der Waals surface area contributed by atoms with Crippen molar-refractivity contribution >= 4 is 43.5 Å². The molecule has 0 radical (unpaired) electrons. The van der Waals surface area contributed by atoms with Gasteiger partial charge in [0.05, 0.1) is 0 Å². The van der Waals surface area contributed by atoms with Gasteiger partial charge in [0.25, 0.3) is 0 Å². The van der Waals surface area contributed by atoms with Crippen molar-refractivity contribution in [1.29, 1.82) is 0 Å². The van der Waals surface area contributed by atoms with E-state index in [0.29, 0.717) is 5.02 Å². The minimum absolute atomic E-state index is 0.264. The van der Waals surface area contributed by atoms with Crippen LogP contribution in [0.2, 0.25) is 5.02 Å². The third kappa shape index (κ3) is 2.47. The van der Waals surface area contributed by atoms with E-state index in [9.17, 15) is 4.39 Å². The van der Waals surface area contributed by atoms with Crippen molar-refractivity contribution in [2.45, 2.75) is 0 Å². The van der Waals surface area contributed by atoms with Crippen molar-refractivity contribution in [3.8, 4) is 11.1 Å². The summed E-state index contributed by atoms with van der Waals surface area (Å²) in [6.07, 6.45) is 0. The van der Waals surface area contributed by atoms with Gasteiger partial charge < -0.3 is 0 Å². The Kier molecular flexibility index (Phi) is 3.67. The Morgan fingerprint density at radius 1 is 0.875 bits per heavy atom. The van der Waals surface area contributed by atoms with E-state index in [0.717, 1.165) is 20.1 Å². The normalized spacial score (nSPS) is 10.5. The van der Waals surface area contributed by atoms with E-state index < -0.39 is 0 Å². The van der Waals surface area contributed by atoms with Gasteiger partial charge in [-0.3, -0.25) is 0 Å². The second-order valence-electron chi connectivity index (χ2n) is 3.25. The summed E-state index contributed by atoms with van der Waals surface area (Å²) in [5.74, 6) is -0.264. The molecule has 0 nitrogen and oxygen atoms in total. The number of hydrogen-bond acceptors (Lipinski definition) is 0. The highest BCUT2D eigenvalue weighted by Gasteiger charge is 2.08. The predicted octanol–water partition coefficient (Wildman–Crippen LogP) is 5.67. The molecule has 0 aliphatic heterocycles. The van der Waals surface area contributed by atoms with Gasteiger partial charge in [0, 0.05) is 14.0 Å². The molecule has 0 heterocycles. The third-order valence-electron chi connectivity index (χ3n) is 2.15. The first-order valence-corrected chi connectivity index (χ1v) is 6.45. The molecule has 0 saturated carbocycles. The summed E-state index contributed by atoms with van der Waals surface area (Å²) in [4.78, 5) is 0. The van der Waals surface area contributed by atoms with Crippen molar-refractivity contribution < 1.29 is 4.39 Å². The largest absolute Gasteiger partial charge is 0.207 e. The zero-order valence-corrected chi connectivity index (χ0v) is 11.9. The molecule has 0 unspecified atom stereocenters. The van der Waals surface area contributed by atoms with Crippen molar-refractivity contribution in [2.24, 2.45) is 0 Å². The number of benzene rings is 2. The van der Waals surface area contributed by atoms with Gasteiger partial charge >= 0.3 is 0 Å². The van der Waals surface area contributed by atoms with Gasteiger partial charge in [0.15, 0.2) is 0 Å². The fourth-order valence-electron chi connectivity index (χ4n) is 1.41. The van der Waals surface area contributed by atoms with Crippen LogP contribution in [0.4, 0.5) is 4.39 Å². The second-order valence-corrected chi connectivity index (χ2v) is 5.39. The van der Waals surface area contributed by atoms with Gasteiger partial charge in [0.1, 0.15) is 5.82 Å². The van der Waals surface area contributed by atoms with Crippen molar-refractivity contribution in [3.63, 3.8) is 0 Å². The van der Waals surface area contributed by atoms with Crippen molar-refractivity contribution in [1.82, 2.24) is 0 Å². The van der Waals surface area contributed by atoms with Crippen LogP contribution in [0, 0.1) is 5.82 Å².